The largest absolute Gasteiger partial charge is 0.339 e. The Bertz CT molecular complexity index is 528. The van der Waals surface area contributed by atoms with Crippen molar-refractivity contribution in [3.05, 3.63) is 54.1 Å². The van der Waals surface area contributed by atoms with Crippen LogP contribution in [0.25, 0.3) is 0 Å². The fourth-order valence-electron chi connectivity index (χ4n) is 1.98. The second-order valence-corrected chi connectivity index (χ2v) is 3.90. The minimum Gasteiger partial charge on any atom is -0.339 e. The van der Waals surface area contributed by atoms with Gasteiger partial charge >= 0.3 is 0 Å². The minimum absolute atomic E-state index is 0.237. The Morgan fingerprint density at radius 2 is 2.00 bits per heavy atom. The average Bonchev–Trinajstić information content (AvgIpc) is 2.42. The SMILES string of the molecule is CCN(c1ccccc1F)c1ccncc1CN. The lowest BCUT2D eigenvalue weighted by atomic mass is 10.2. The van der Waals surface area contributed by atoms with Crippen LogP contribution in [0.15, 0.2) is 42.7 Å². The summed E-state index contributed by atoms with van der Waals surface area (Å²) >= 11 is 0. The van der Waals surface area contributed by atoms with Crippen molar-refractivity contribution in [2.45, 2.75) is 13.5 Å². The van der Waals surface area contributed by atoms with Crippen LogP contribution in [0.2, 0.25) is 0 Å². The summed E-state index contributed by atoms with van der Waals surface area (Å²) in [6, 6.07) is 8.59. The normalized spacial score (nSPS) is 10.4. The van der Waals surface area contributed by atoms with Crippen LogP contribution in [0.5, 0.6) is 0 Å². The van der Waals surface area contributed by atoms with Gasteiger partial charge < -0.3 is 10.6 Å². The Hall–Kier alpha value is -1.94. The van der Waals surface area contributed by atoms with Crippen molar-refractivity contribution in [2.75, 3.05) is 11.4 Å². The predicted molar refractivity (Wildman–Crippen MR) is 71.2 cm³/mol. The summed E-state index contributed by atoms with van der Waals surface area (Å²) in [7, 11) is 0. The minimum atomic E-state index is -0.237. The van der Waals surface area contributed by atoms with E-state index in [1.807, 2.05) is 24.0 Å². The van der Waals surface area contributed by atoms with Crippen molar-refractivity contribution in [3.8, 4) is 0 Å². The number of halogens is 1. The van der Waals surface area contributed by atoms with E-state index in [4.69, 9.17) is 5.73 Å². The molecular formula is C14H16FN3. The highest BCUT2D eigenvalue weighted by Crippen LogP contribution is 2.29. The summed E-state index contributed by atoms with van der Waals surface area (Å²) in [4.78, 5) is 5.95. The molecule has 3 nitrogen and oxygen atoms in total. The van der Waals surface area contributed by atoms with Crippen LogP contribution >= 0.6 is 0 Å². The molecule has 94 valence electrons. The average molecular weight is 245 g/mol. The van der Waals surface area contributed by atoms with E-state index in [9.17, 15) is 4.39 Å². The van der Waals surface area contributed by atoms with Crippen LogP contribution in [0, 0.1) is 5.82 Å². The van der Waals surface area contributed by atoms with E-state index in [1.54, 1.807) is 24.5 Å². The van der Waals surface area contributed by atoms with Crippen molar-refractivity contribution in [1.82, 2.24) is 4.98 Å². The van der Waals surface area contributed by atoms with Gasteiger partial charge in [-0.15, -0.1) is 0 Å². The number of aromatic nitrogens is 1. The molecule has 0 fully saturated rings. The van der Waals surface area contributed by atoms with Gasteiger partial charge in [0.1, 0.15) is 5.82 Å². The summed E-state index contributed by atoms with van der Waals surface area (Å²) in [5.74, 6) is -0.237. The summed E-state index contributed by atoms with van der Waals surface area (Å²) in [6.07, 6.45) is 3.41. The van der Waals surface area contributed by atoms with Gasteiger partial charge in [0.05, 0.1) is 5.69 Å². The summed E-state index contributed by atoms with van der Waals surface area (Å²) in [5.41, 5.74) is 8.06. The van der Waals surface area contributed by atoms with Gasteiger partial charge in [-0.3, -0.25) is 4.98 Å². The maximum absolute atomic E-state index is 13.9. The molecule has 2 N–H and O–H groups in total. The van der Waals surface area contributed by atoms with Crippen LogP contribution in [0.1, 0.15) is 12.5 Å². The number of pyridine rings is 1. The highest BCUT2D eigenvalue weighted by atomic mass is 19.1. The van der Waals surface area contributed by atoms with Gasteiger partial charge in [0.2, 0.25) is 0 Å². The van der Waals surface area contributed by atoms with Gasteiger partial charge in [0.25, 0.3) is 0 Å². The third-order valence-electron chi connectivity index (χ3n) is 2.85. The second-order valence-electron chi connectivity index (χ2n) is 3.90. The standard InChI is InChI=1S/C14H16FN3/c1-2-18(14-6-4-3-5-12(14)15)13-7-8-17-10-11(13)9-16/h3-8,10H,2,9,16H2,1H3. The molecule has 0 aliphatic heterocycles. The van der Waals surface area contributed by atoms with E-state index in [0.717, 1.165) is 11.3 Å². The van der Waals surface area contributed by atoms with E-state index >= 15 is 0 Å². The number of hydrogen-bond donors (Lipinski definition) is 1. The zero-order valence-electron chi connectivity index (χ0n) is 10.3. The molecule has 2 aromatic rings. The summed E-state index contributed by atoms with van der Waals surface area (Å²) in [5, 5.41) is 0. The van der Waals surface area contributed by atoms with E-state index in [1.165, 1.54) is 6.07 Å². The quantitative estimate of drug-likeness (QED) is 0.900. The van der Waals surface area contributed by atoms with Crippen molar-refractivity contribution < 1.29 is 4.39 Å². The highest BCUT2D eigenvalue weighted by molar-refractivity contribution is 5.66. The van der Waals surface area contributed by atoms with Crippen molar-refractivity contribution >= 4 is 11.4 Å². The molecule has 1 aromatic carbocycles. The fourth-order valence-corrected chi connectivity index (χ4v) is 1.98. The Morgan fingerprint density at radius 1 is 1.22 bits per heavy atom. The molecule has 0 radical (unpaired) electrons. The molecule has 0 saturated heterocycles. The molecule has 2 rings (SSSR count). The van der Waals surface area contributed by atoms with Crippen molar-refractivity contribution in [2.24, 2.45) is 5.73 Å². The lowest BCUT2D eigenvalue weighted by Crippen LogP contribution is -2.19. The lowest BCUT2D eigenvalue weighted by molar-refractivity contribution is 0.625. The Morgan fingerprint density at radius 3 is 2.67 bits per heavy atom. The van der Waals surface area contributed by atoms with E-state index in [-0.39, 0.29) is 5.82 Å². The molecule has 1 heterocycles. The maximum atomic E-state index is 13.9. The Balaban J connectivity index is 2.49. The van der Waals surface area contributed by atoms with Gasteiger partial charge in [-0.1, -0.05) is 12.1 Å². The first-order chi connectivity index (χ1) is 8.77. The summed E-state index contributed by atoms with van der Waals surface area (Å²) < 4.78 is 13.9. The number of benzene rings is 1. The summed E-state index contributed by atoms with van der Waals surface area (Å²) in [6.45, 7) is 3.03. The van der Waals surface area contributed by atoms with Crippen molar-refractivity contribution in [1.29, 1.82) is 0 Å². The number of hydrogen-bond acceptors (Lipinski definition) is 3. The Labute approximate surface area is 106 Å². The molecular weight excluding hydrogens is 229 g/mol. The zero-order valence-corrected chi connectivity index (χ0v) is 10.3. The molecule has 4 heteroatoms. The third kappa shape index (κ3) is 2.33. The first kappa shape index (κ1) is 12.5. The van der Waals surface area contributed by atoms with Crippen LogP contribution in [-0.4, -0.2) is 11.5 Å². The molecule has 18 heavy (non-hydrogen) atoms. The lowest BCUT2D eigenvalue weighted by Gasteiger charge is -2.25. The molecule has 0 amide bonds. The molecule has 0 unspecified atom stereocenters. The molecule has 0 aliphatic rings. The van der Waals surface area contributed by atoms with Gasteiger partial charge in [-0.05, 0) is 25.1 Å². The van der Waals surface area contributed by atoms with E-state index in [2.05, 4.69) is 4.98 Å². The zero-order chi connectivity index (χ0) is 13.0. The van der Waals surface area contributed by atoms with Crippen LogP contribution in [0.3, 0.4) is 0 Å². The third-order valence-corrected chi connectivity index (χ3v) is 2.85. The molecule has 0 saturated carbocycles. The van der Waals surface area contributed by atoms with Crippen LogP contribution < -0.4 is 10.6 Å². The Kier molecular flexibility index (Phi) is 3.89. The molecule has 0 atom stereocenters. The highest BCUT2D eigenvalue weighted by Gasteiger charge is 2.14. The van der Waals surface area contributed by atoms with Crippen LogP contribution in [0.4, 0.5) is 15.8 Å². The number of para-hydroxylation sites is 1. The topological polar surface area (TPSA) is 42.2 Å². The number of nitrogens with zero attached hydrogens (tertiary/aromatic N) is 2. The van der Waals surface area contributed by atoms with Gasteiger partial charge in [-0.25, -0.2) is 4.39 Å². The van der Waals surface area contributed by atoms with Gasteiger partial charge in [-0.2, -0.15) is 0 Å². The van der Waals surface area contributed by atoms with Gasteiger partial charge in [0.15, 0.2) is 0 Å². The number of rotatable bonds is 4. The first-order valence-electron chi connectivity index (χ1n) is 5.93. The number of nitrogens with two attached hydrogens (primary N) is 1. The molecule has 0 bridgehead atoms. The molecule has 0 aliphatic carbocycles. The van der Waals surface area contributed by atoms with E-state index < -0.39 is 0 Å². The number of anilines is 2. The van der Waals surface area contributed by atoms with Gasteiger partial charge in [0, 0.05) is 36.7 Å². The predicted octanol–water partition coefficient (Wildman–Crippen LogP) is 2.84. The first-order valence-corrected chi connectivity index (χ1v) is 5.93. The molecule has 0 spiro atoms. The van der Waals surface area contributed by atoms with Crippen LogP contribution in [-0.2, 0) is 6.54 Å². The maximum Gasteiger partial charge on any atom is 0.146 e. The second kappa shape index (κ2) is 5.60. The smallest absolute Gasteiger partial charge is 0.146 e. The fraction of sp³-hybridized carbons (Fsp3) is 0.214. The monoisotopic (exact) mass is 245 g/mol. The molecule has 1 aromatic heterocycles. The van der Waals surface area contributed by atoms with Crippen molar-refractivity contribution in [3.63, 3.8) is 0 Å². The van der Waals surface area contributed by atoms with E-state index in [0.29, 0.717) is 18.8 Å².